The Bertz CT molecular complexity index is 1340. The molecule has 0 bridgehead atoms. The highest BCUT2D eigenvalue weighted by molar-refractivity contribution is 6.32. The number of aromatic nitrogens is 3. The molecule has 2 aromatic heterocycles. The number of anilines is 2. The van der Waals surface area contributed by atoms with Gasteiger partial charge in [0.1, 0.15) is 23.3 Å². The Morgan fingerprint density at radius 2 is 2.06 bits per heavy atom. The number of fused-ring (bicyclic) bond motifs is 1. The van der Waals surface area contributed by atoms with E-state index in [1.165, 1.54) is 6.33 Å². The van der Waals surface area contributed by atoms with E-state index in [0.29, 0.717) is 35.4 Å². The molecule has 0 radical (unpaired) electrons. The van der Waals surface area contributed by atoms with Crippen molar-refractivity contribution in [2.45, 2.75) is 24.8 Å². The molecular formula is C24H21ClN6O. The Balaban J connectivity index is 1.38. The van der Waals surface area contributed by atoms with E-state index in [-0.39, 0.29) is 5.41 Å². The van der Waals surface area contributed by atoms with Gasteiger partial charge in [-0.3, -0.25) is 0 Å². The normalized spacial score (nSPS) is 14.2. The number of rotatable bonds is 7. The van der Waals surface area contributed by atoms with Crippen LogP contribution >= 0.6 is 11.6 Å². The Morgan fingerprint density at radius 3 is 2.81 bits per heavy atom. The van der Waals surface area contributed by atoms with Crippen molar-refractivity contribution in [3.8, 4) is 17.6 Å². The molecule has 7 nitrogen and oxygen atoms in total. The smallest absolute Gasteiger partial charge is 0.158 e. The molecule has 3 N–H and O–H groups in total. The average Bonchev–Trinajstić information content (AvgIpc) is 3.51. The van der Waals surface area contributed by atoms with Crippen LogP contribution < -0.4 is 15.8 Å². The molecule has 0 unspecified atom stereocenters. The lowest BCUT2D eigenvalue weighted by atomic mass is 9.98. The third kappa shape index (κ3) is 3.75. The van der Waals surface area contributed by atoms with Gasteiger partial charge in [0.15, 0.2) is 5.82 Å². The van der Waals surface area contributed by atoms with Crippen molar-refractivity contribution in [1.82, 2.24) is 14.5 Å². The lowest BCUT2D eigenvalue weighted by Crippen LogP contribution is -2.10. The largest absolute Gasteiger partial charge is 0.456 e. The highest BCUT2D eigenvalue weighted by Gasteiger charge is 2.45. The molecule has 1 saturated carbocycles. The molecule has 5 rings (SSSR count). The first kappa shape index (κ1) is 20.3. The maximum Gasteiger partial charge on any atom is 0.158 e. The van der Waals surface area contributed by atoms with E-state index in [4.69, 9.17) is 22.1 Å². The number of benzene rings is 2. The summed E-state index contributed by atoms with van der Waals surface area (Å²) in [6.45, 7) is 1.19. The summed E-state index contributed by atoms with van der Waals surface area (Å²) >= 11 is 6.52. The molecule has 2 aromatic carbocycles. The third-order valence-electron chi connectivity index (χ3n) is 5.69. The predicted molar refractivity (Wildman–Crippen MR) is 124 cm³/mol. The van der Waals surface area contributed by atoms with E-state index in [9.17, 15) is 5.26 Å². The van der Waals surface area contributed by atoms with Crippen LogP contribution in [-0.4, -0.2) is 21.1 Å². The van der Waals surface area contributed by atoms with Crippen molar-refractivity contribution in [1.29, 1.82) is 5.26 Å². The molecule has 8 heteroatoms. The Kier molecular flexibility index (Phi) is 5.17. The number of halogens is 1. The standard InChI is InChI=1S/C24H21ClN6O/c25-19-13-17(30-23-22-20(28-15-29-23)6-10-31(22)11-9-26)4-5-21(19)32-18-3-1-2-16(12-18)24(14-27)7-8-24/h1-6,10,12-13,15H,7-9,11,26H2,(H,28,29,30). The van der Waals surface area contributed by atoms with Crippen LogP contribution in [0.15, 0.2) is 61.1 Å². The maximum absolute atomic E-state index is 9.45. The van der Waals surface area contributed by atoms with Gasteiger partial charge in [-0.15, -0.1) is 0 Å². The number of nitriles is 1. The molecule has 32 heavy (non-hydrogen) atoms. The fourth-order valence-corrected chi connectivity index (χ4v) is 4.04. The minimum Gasteiger partial charge on any atom is -0.456 e. The van der Waals surface area contributed by atoms with Crippen LogP contribution in [0.2, 0.25) is 5.02 Å². The van der Waals surface area contributed by atoms with Gasteiger partial charge < -0.3 is 20.4 Å². The van der Waals surface area contributed by atoms with Gasteiger partial charge in [-0.1, -0.05) is 23.7 Å². The summed E-state index contributed by atoms with van der Waals surface area (Å²) < 4.78 is 8.04. The van der Waals surface area contributed by atoms with Gasteiger partial charge in [0.05, 0.1) is 22.0 Å². The van der Waals surface area contributed by atoms with Crippen LogP contribution in [0.3, 0.4) is 0 Å². The van der Waals surface area contributed by atoms with E-state index < -0.39 is 0 Å². The van der Waals surface area contributed by atoms with Gasteiger partial charge in [0.2, 0.25) is 0 Å². The van der Waals surface area contributed by atoms with Crippen LogP contribution in [0.25, 0.3) is 11.0 Å². The summed E-state index contributed by atoms with van der Waals surface area (Å²) in [6.07, 6.45) is 5.25. The van der Waals surface area contributed by atoms with Crippen molar-refractivity contribution in [2.24, 2.45) is 5.73 Å². The predicted octanol–water partition coefficient (Wildman–Crippen LogP) is 5.13. The molecule has 1 aliphatic carbocycles. The van der Waals surface area contributed by atoms with Gasteiger partial charge in [-0.05, 0) is 54.8 Å². The van der Waals surface area contributed by atoms with E-state index in [0.717, 1.165) is 35.1 Å². The summed E-state index contributed by atoms with van der Waals surface area (Å²) in [6, 6.07) is 17.5. The third-order valence-corrected chi connectivity index (χ3v) is 5.99. The van der Waals surface area contributed by atoms with Gasteiger partial charge in [0.25, 0.3) is 0 Å². The van der Waals surface area contributed by atoms with Crippen LogP contribution in [0, 0.1) is 11.3 Å². The van der Waals surface area contributed by atoms with Crippen molar-refractivity contribution < 1.29 is 4.74 Å². The first-order chi connectivity index (χ1) is 15.6. The molecule has 0 spiro atoms. The van der Waals surface area contributed by atoms with E-state index in [2.05, 4.69) is 21.4 Å². The first-order valence-electron chi connectivity index (χ1n) is 10.4. The highest BCUT2D eigenvalue weighted by atomic mass is 35.5. The molecule has 4 aromatic rings. The second kappa shape index (κ2) is 8.15. The quantitative estimate of drug-likeness (QED) is 0.409. The summed E-state index contributed by atoms with van der Waals surface area (Å²) in [7, 11) is 0. The molecule has 1 fully saturated rings. The zero-order chi connectivity index (χ0) is 22.1. The Labute approximate surface area is 190 Å². The molecule has 1 aliphatic rings. The van der Waals surface area contributed by atoms with Crippen molar-refractivity contribution in [3.05, 3.63) is 71.6 Å². The first-order valence-corrected chi connectivity index (χ1v) is 10.8. The van der Waals surface area contributed by atoms with E-state index in [1.807, 2.05) is 53.2 Å². The molecule has 0 amide bonds. The van der Waals surface area contributed by atoms with Crippen LogP contribution in [0.5, 0.6) is 11.5 Å². The van der Waals surface area contributed by atoms with Crippen LogP contribution in [0.1, 0.15) is 18.4 Å². The Hall–Kier alpha value is -3.60. The number of nitrogens with two attached hydrogens (primary N) is 1. The number of nitrogens with one attached hydrogen (secondary N) is 1. The fraction of sp³-hybridized carbons (Fsp3) is 0.208. The van der Waals surface area contributed by atoms with Crippen molar-refractivity contribution in [2.75, 3.05) is 11.9 Å². The average molecular weight is 445 g/mol. The number of hydrogen-bond acceptors (Lipinski definition) is 6. The van der Waals surface area contributed by atoms with Gasteiger partial charge in [-0.25, -0.2) is 9.97 Å². The summed E-state index contributed by atoms with van der Waals surface area (Å²) in [5, 5.41) is 13.2. The number of nitrogens with zero attached hydrogens (tertiary/aromatic N) is 4. The molecule has 0 saturated heterocycles. The van der Waals surface area contributed by atoms with E-state index >= 15 is 0 Å². The second-order valence-electron chi connectivity index (χ2n) is 7.85. The van der Waals surface area contributed by atoms with E-state index in [1.54, 1.807) is 6.07 Å². The topological polar surface area (TPSA) is 102 Å². The minimum absolute atomic E-state index is 0.360. The fourth-order valence-electron chi connectivity index (χ4n) is 3.82. The molecular weight excluding hydrogens is 424 g/mol. The second-order valence-corrected chi connectivity index (χ2v) is 8.26. The molecule has 160 valence electrons. The van der Waals surface area contributed by atoms with Gasteiger partial charge >= 0.3 is 0 Å². The lowest BCUT2D eigenvalue weighted by molar-refractivity contribution is 0.482. The van der Waals surface area contributed by atoms with Crippen LogP contribution in [-0.2, 0) is 12.0 Å². The highest BCUT2D eigenvalue weighted by Crippen LogP contribution is 2.48. The molecule has 0 atom stereocenters. The molecule has 0 aliphatic heterocycles. The number of ether oxygens (including phenoxy) is 1. The van der Waals surface area contributed by atoms with Crippen molar-refractivity contribution in [3.63, 3.8) is 0 Å². The van der Waals surface area contributed by atoms with Crippen molar-refractivity contribution >= 4 is 34.1 Å². The summed E-state index contributed by atoms with van der Waals surface area (Å²) in [5.74, 6) is 1.87. The maximum atomic E-state index is 9.45. The summed E-state index contributed by atoms with van der Waals surface area (Å²) in [5.41, 5.74) is 8.86. The molecule has 2 heterocycles. The van der Waals surface area contributed by atoms with Gasteiger partial charge in [0, 0.05) is 25.0 Å². The SMILES string of the molecule is N#CC1(c2cccc(Oc3ccc(Nc4ncnc5ccn(CCN)c45)cc3Cl)c2)CC1. The Morgan fingerprint density at radius 1 is 1.19 bits per heavy atom. The number of hydrogen-bond donors (Lipinski definition) is 2. The monoisotopic (exact) mass is 444 g/mol. The summed E-state index contributed by atoms with van der Waals surface area (Å²) in [4.78, 5) is 8.72. The zero-order valence-electron chi connectivity index (χ0n) is 17.3. The zero-order valence-corrected chi connectivity index (χ0v) is 18.0. The van der Waals surface area contributed by atoms with Gasteiger partial charge in [-0.2, -0.15) is 5.26 Å². The minimum atomic E-state index is -0.360. The van der Waals surface area contributed by atoms with Crippen LogP contribution in [0.4, 0.5) is 11.5 Å². The lowest BCUT2D eigenvalue weighted by Gasteiger charge is -2.13.